The van der Waals surface area contributed by atoms with Crippen molar-refractivity contribution in [1.29, 1.82) is 0 Å². The van der Waals surface area contributed by atoms with Crippen LogP contribution in [0.1, 0.15) is 28.3 Å². The number of aromatic amines is 2. The highest BCUT2D eigenvalue weighted by molar-refractivity contribution is 6.02. The molecule has 7 aromatic rings. The maximum Gasteiger partial charge on any atom is 0.142 e. The summed E-state index contributed by atoms with van der Waals surface area (Å²) in [6.07, 6.45) is 12.6. The number of rotatable bonds is 6. The van der Waals surface area contributed by atoms with Crippen LogP contribution in [0.15, 0.2) is 146 Å². The summed E-state index contributed by atoms with van der Waals surface area (Å²) in [7, 11) is 0. The maximum atomic E-state index is 11.7. The van der Waals surface area contributed by atoms with E-state index in [2.05, 4.69) is 125 Å². The van der Waals surface area contributed by atoms with Crippen LogP contribution in [-0.4, -0.2) is 26.2 Å². The molecule has 2 aliphatic rings. The van der Waals surface area contributed by atoms with Crippen molar-refractivity contribution in [2.24, 2.45) is 0 Å². The van der Waals surface area contributed by atoms with Gasteiger partial charge in [-0.15, -0.1) is 0 Å². The van der Waals surface area contributed by atoms with Gasteiger partial charge in [0, 0.05) is 44.4 Å². The van der Waals surface area contributed by atoms with Gasteiger partial charge in [0.1, 0.15) is 6.29 Å². The summed E-state index contributed by atoms with van der Waals surface area (Å²) < 4.78 is 0. The summed E-state index contributed by atoms with van der Waals surface area (Å²) in [4.78, 5) is 30.1. The molecule has 0 amide bonds. The van der Waals surface area contributed by atoms with Crippen molar-refractivity contribution in [2.75, 3.05) is 0 Å². The number of fused-ring (bicyclic) bond motifs is 8. The zero-order chi connectivity index (χ0) is 34.9. The maximum absolute atomic E-state index is 11.7. The van der Waals surface area contributed by atoms with E-state index in [4.69, 9.17) is 9.97 Å². The second kappa shape index (κ2) is 13.3. The first-order valence-electron chi connectivity index (χ1n) is 17.3. The standard InChI is InChI=1S/C47H32N4O/c52-29-13-22-35-30-42-45(33-18-9-3-10-19-33)40-26-25-38(49-40)43(31-14-5-1-6-15-31)36-23-24-37(48-36)44(32-16-7-2-8-17-32)39-27-28-41(50-39)46(47(35)51-42)34-20-11-4-12-21-34/h1-30,49,51H/b22-13+,43-36?,43-38?,44-37?,44-39?,45-40?,45-42?,46-41?,47-46?. The molecule has 0 spiro atoms. The van der Waals surface area contributed by atoms with Gasteiger partial charge in [-0.3, -0.25) is 4.79 Å². The monoisotopic (exact) mass is 668 g/mol. The molecule has 5 heterocycles. The van der Waals surface area contributed by atoms with Crippen LogP contribution in [0, 0.1) is 0 Å². The van der Waals surface area contributed by atoms with Crippen molar-refractivity contribution in [3.8, 4) is 44.5 Å². The van der Waals surface area contributed by atoms with Crippen molar-refractivity contribution in [3.63, 3.8) is 0 Å². The van der Waals surface area contributed by atoms with E-state index in [-0.39, 0.29) is 0 Å². The largest absolute Gasteiger partial charge is 0.354 e. The Morgan fingerprint density at radius 3 is 1.37 bits per heavy atom. The van der Waals surface area contributed by atoms with Crippen molar-refractivity contribution in [2.45, 2.75) is 0 Å². The number of nitrogens with one attached hydrogen (secondary N) is 2. The predicted octanol–water partition coefficient (Wildman–Crippen LogP) is 11.5. The summed E-state index contributed by atoms with van der Waals surface area (Å²) in [5, 5.41) is 0. The van der Waals surface area contributed by atoms with E-state index in [0.717, 1.165) is 101 Å². The number of aromatic nitrogens is 4. The minimum atomic E-state index is 0.808. The molecule has 52 heavy (non-hydrogen) atoms. The smallest absolute Gasteiger partial charge is 0.142 e. The molecule has 0 saturated carbocycles. The number of H-pyrrole nitrogens is 2. The van der Waals surface area contributed by atoms with Gasteiger partial charge in [-0.1, -0.05) is 121 Å². The van der Waals surface area contributed by atoms with Gasteiger partial charge in [0.2, 0.25) is 0 Å². The summed E-state index contributed by atoms with van der Waals surface area (Å²) in [5.41, 5.74) is 15.9. The number of benzene rings is 4. The molecular weight excluding hydrogens is 637 g/mol. The van der Waals surface area contributed by atoms with E-state index in [1.165, 1.54) is 0 Å². The van der Waals surface area contributed by atoms with Crippen molar-refractivity contribution in [3.05, 3.63) is 174 Å². The molecule has 2 N–H and O–H groups in total. The predicted molar refractivity (Wildman–Crippen MR) is 216 cm³/mol. The van der Waals surface area contributed by atoms with E-state index in [9.17, 15) is 4.79 Å². The quantitative estimate of drug-likeness (QED) is 0.137. The molecule has 0 fully saturated rings. The Labute approximate surface area is 301 Å². The van der Waals surface area contributed by atoms with E-state index < -0.39 is 0 Å². The summed E-state index contributed by atoms with van der Waals surface area (Å²) in [6.45, 7) is 0. The molecule has 0 radical (unpaired) electrons. The van der Waals surface area contributed by atoms with E-state index in [1.54, 1.807) is 6.08 Å². The van der Waals surface area contributed by atoms with Crippen molar-refractivity contribution < 1.29 is 4.79 Å². The van der Waals surface area contributed by atoms with Crippen LogP contribution in [0.2, 0.25) is 0 Å². The fourth-order valence-corrected chi connectivity index (χ4v) is 7.22. The number of carbonyl (C=O) groups is 1. The van der Waals surface area contributed by atoms with Crippen LogP contribution in [-0.2, 0) is 4.79 Å². The first-order valence-corrected chi connectivity index (χ1v) is 17.3. The molecule has 3 aromatic heterocycles. The molecule has 0 saturated heterocycles. The zero-order valence-electron chi connectivity index (χ0n) is 28.1. The molecule has 4 aromatic carbocycles. The first kappa shape index (κ1) is 30.9. The minimum absolute atomic E-state index is 0.808. The molecule has 0 atom stereocenters. The van der Waals surface area contributed by atoms with Gasteiger partial charge >= 0.3 is 0 Å². The second-order valence-electron chi connectivity index (χ2n) is 12.7. The molecule has 0 unspecified atom stereocenters. The number of carbonyl (C=O) groups excluding carboxylic acids is 1. The Morgan fingerprint density at radius 1 is 0.423 bits per heavy atom. The van der Waals surface area contributed by atoms with Gasteiger partial charge in [-0.25, -0.2) is 9.97 Å². The fourth-order valence-electron chi connectivity index (χ4n) is 7.22. The number of hydrogen-bond acceptors (Lipinski definition) is 3. The topological polar surface area (TPSA) is 74.4 Å². The number of aldehydes is 1. The Balaban J connectivity index is 1.52. The molecule has 0 aliphatic carbocycles. The lowest BCUT2D eigenvalue weighted by atomic mass is 10.0. The third kappa shape index (κ3) is 5.60. The average molecular weight is 669 g/mol. The van der Waals surface area contributed by atoms with Crippen LogP contribution >= 0.6 is 0 Å². The van der Waals surface area contributed by atoms with E-state index in [1.807, 2.05) is 54.6 Å². The number of allylic oxidation sites excluding steroid dienone is 1. The lowest BCUT2D eigenvalue weighted by Gasteiger charge is -2.07. The highest BCUT2D eigenvalue weighted by Crippen LogP contribution is 2.39. The van der Waals surface area contributed by atoms with Gasteiger partial charge in [0.15, 0.2) is 0 Å². The van der Waals surface area contributed by atoms with Crippen LogP contribution in [0.3, 0.4) is 0 Å². The summed E-state index contributed by atoms with van der Waals surface area (Å²) >= 11 is 0. The minimum Gasteiger partial charge on any atom is -0.354 e. The molecular formula is C47H32N4O. The lowest BCUT2D eigenvalue weighted by molar-refractivity contribution is -0.104. The summed E-state index contributed by atoms with van der Waals surface area (Å²) in [6, 6.07) is 47.8. The fraction of sp³-hybridized carbons (Fsp3) is 0. The van der Waals surface area contributed by atoms with Gasteiger partial charge in [0.05, 0.1) is 28.3 Å². The van der Waals surface area contributed by atoms with Crippen LogP contribution in [0.5, 0.6) is 0 Å². The van der Waals surface area contributed by atoms with Crippen molar-refractivity contribution >= 4 is 58.7 Å². The Kier molecular flexibility index (Phi) is 7.91. The molecule has 2 aliphatic heterocycles. The molecule has 9 rings (SSSR count). The van der Waals surface area contributed by atoms with Crippen LogP contribution in [0.25, 0.3) is 97.0 Å². The van der Waals surface area contributed by atoms with Gasteiger partial charge < -0.3 is 9.97 Å². The van der Waals surface area contributed by atoms with Gasteiger partial charge in [0.25, 0.3) is 0 Å². The summed E-state index contributed by atoms with van der Waals surface area (Å²) in [5.74, 6) is 0. The SMILES string of the molecule is O=C/C=C/c1cc2[nH]c1c(-c1ccccc1)c1nc(c(-c3ccccc3)c3nc(c(-c4ccccc4)c4ccc([nH]4)c2-c2ccccc2)C=C3)C=C1. The van der Waals surface area contributed by atoms with E-state index in [0.29, 0.717) is 0 Å². The van der Waals surface area contributed by atoms with Crippen molar-refractivity contribution in [1.82, 2.24) is 19.9 Å². The number of hydrogen-bond donors (Lipinski definition) is 2. The second-order valence-corrected chi connectivity index (χ2v) is 12.7. The third-order valence-electron chi connectivity index (χ3n) is 9.50. The van der Waals surface area contributed by atoms with Gasteiger partial charge in [-0.05, 0) is 76.9 Å². The molecule has 5 heteroatoms. The molecule has 5 nitrogen and oxygen atoms in total. The third-order valence-corrected chi connectivity index (χ3v) is 9.50. The highest BCUT2D eigenvalue weighted by Gasteiger charge is 2.20. The number of nitrogens with zero attached hydrogens (tertiary/aromatic N) is 2. The van der Waals surface area contributed by atoms with E-state index >= 15 is 0 Å². The van der Waals surface area contributed by atoms with Gasteiger partial charge in [-0.2, -0.15) is 0 Å². The normalized spacial score (nSPS) is 12.1. The van der Waals surface area contributed by atoms with Crippen LogP contribution in [0.4, 0.5) is 0 Å². The highest BCUT2D eigenvalue weighted by atomic mass is 16.1. The first-order chi connectivity index (χ1) is 25.7. The molecule has 246 valence electrons. The Morgan fingerprint density at radius 2 is 0.846 bits per heavy atom. The average Bonchev–Trinajstić information content (AvgIpc) is 4.03. The Bertz CT molecular complexity index is 2720. The zero-order valence-corrected chi connectivity index (χ0v) is 28.1. The lowest BCUT2D eigenvalue weighted by Crippen LogP contribution is -1.91. The van der Waals surface area contributed by atoms with Crippen LogP contribution < -0.4 is 0 Å². The Hall–Kier alpha value is -7.11. The molecule has 8 bridgehead atoms.